The lowest BCUT2D eigenvalue weighted by Crippen LogP contribution is -2.30. The maximum atomic E-state index is 12.8. The van der Waals surface area contributed by atoms with Crippen molar-refractivity contribution in [3.05, 3.63) is 24.3 Å². The average molecular weight is 873 g/mol. The summed E-state index contributed by atoms with van der Waals surface area (Å²) in [6, 6.07) is 0. The van der Waals surface area contributed by atoms with Crippen molar-refractivity contribution >= 4 is 17.9 Å². The van der Waals surface area contributed by atoms with Crippen LogP contribution in [0.2, 0.25) is 0 Å². The number of esters is 3. The fourth-order valence-corrected chi connectivity index (χ4v) is 8.06. The lowest BCUT2D eigenvalue weighted by atomic mass is 10.0. The molecule has 0 rings (SSSR count). The van der Waals surface area contributed by atoms with E-state index in [2.05, 4.69) is 45.1 Å². The molecule has 0 amide bonds. The first-order valence-corrected chi connectivity index (χ1v) is 27.3. The Kier molecular flexibility index (Phi) is 49.8. The van der Waals surface area contributed by atoms with E-state index in [1.807, 2.05) is 0 Å². The van der Waals surface area contributed by atoms with Gasteiger partial charge in [0.05, 0.1) is 0 Å². The van der Waals surface area contributed by atoms with Gasteiger partial charge in [-0.15, -0.1) is 0 Å². The van der Waals surface area contributed by atoms with Gasteiger partial charge in [0, 0.05) is 19.3 Å². The molecule has 1 atom stereocenters. The van der Waals surface area contributed by atoms with Crippen molar-refractivity contribution in [3.63, 3.8) is 0 Å². The highest BCUT2D eigenvalue weighted by molar-refractivity contribution is 5.71. The second-order valence-electron chi connectivity index (χ2n) is 18.5. The van der Waals surface area contributed by atoms with E-state index in [-0.39, 0.29) is 31.1 Å². The summed E-state index contributed by atoms with van der Waals surface area (Å²) in [5.74, 6) is -0.863. The lowest BCUT2D eigenvalue weighted by molar-refractivity contribution is -0.167. The molecule has 0 saturated carbocycles. The topological polar surface area (TPSA) is 78.9 Å². The van der Waals surface area contributed by atoms with Crippen molar-refractivity contribution in [1.82, 2.24) is 0 Å². The van der Waals surface area contributed by atoms with Crippen LogP contribution in [0.15, 0.2) is 24.3 Å². The summed E-state index contributed by atoms with van der Waals surface area (Å²) >= 11 is 0. The molecule has 0 aromatic heterocycles. The Morgan fingerprint density at radius 2 is 0.581 bits per heavy atom. The molecule has 0 saturated heterocycles. The zero-order valence-electron chi connectivity index (χ0n) is 41.7. The Morgan fingerprint density at radius 1 is 0.323 bits per heavy atom. The number of hydrogen-bond acceptors (Lipinski definition) is 6. The van der Waals surface area contributed by atoms with Crippen LogP contribution in [-0.2, 0) is 28.6 Å². The Balaban J connectivity index is 4.26. The normalized spacial score (nSPS) is 12.1. The maximum absolute atomic E-state index is 12.8. The summed E-state index contributed by atoms with van der Waals surface area (Å²) in [4.78, 5) is 38.0. The molecule has 0 aromatic carbocycles. The van der Waals surface area contributed by atoms with Gasteiger partial charge in [0.1, 0.15) is 13.2 Å². The SMILES string of the molecule is CCCCC/C=C\C/C=C\CCCCCCCCCC(=O)O[C@H](COC(=O)CCCCCCCCCCC)COC(=O)CCCCCCCCCCCCCCCCCCCC. The van der Waals surface area contributed by atoms with Crippen molar-refractivity contribution in [1.29, 1.82) is 0 Å². The first kappa shape index (κ1) is 59.9. The number of carbonyl (C=O) groups is 3. The third-order valence-electron chi connectivity index (χ3n) is 12.2. The van der Waals surface area contributed by atoms with E-state index >= 15 is 0 Å². The molecule has 6 heteroatoms. The fraction of sp³-hybridized carbons (Fsp3) is 0.875. The highest BCUT2D eigenvalue weighted by atomic mass is 16.6. The minimum atomic E-state index is -0.769. The Morgan fingerprint density at radius 3 is 0.919 bits per heavy atom. The highest BCUT2D eigenvalue weighted by Crippen LogP contribution is 2.16. The minimum Gasteiger partial charge on any atom is -0.462 e. The molecule has 0 aliphatic carbocycles. The Hall–Kier alpha value is -2.11. The number of ether oxygens (including phenoxy) is 3. The smallest absolute Gasteiger partial charge is 0.306 e. The predicted molar refractivity (Wildman–Crippen MR) is 266 cm³/mol. The molecule has 0 radical (unpaired) electrons. The number of unbranched alkanes of at least 4 members (excludes halogenated alkanes) is 35. The van der Waals surface area contributed by atoms with E-state index in [0.717, 1.165) is 70.6 Å². The van der Waals surface area contributed by atoms with Crippen LogP contribution in [0.3, 0.4) is 0 Å². The van der Waals surface area contributed by atoms with Crippen molar-refractivity contribution < 1.29 is 28.6 Å². The molecule has 0 aromatic rings. The number of allylic oxidation sites excluding steroid dienone is 4. The number of rotatable bonds is 50. The molecule has 0 bridgehead atoms. The molecule has 0 fully saturated rings. The average Bonchev–Trinajstić information content (AvgIpc) is 3.27. The molecule has 0 N–H and O–H groups in total. The van der Waals surface area contributed by atoms with E-state index in [4.69, 9.17) is 14.2 Å². The van der Waals surface area contributed by atoms with Crippen LogP contribution in [0.25, 0.3) is 0 Å². The molecule has 0 heterocycles. The van der Waals surface area contributed by atoms with E-state index in [1.54, 1.807) is 0 Å². The third-order valence-corrected chi connectivity index (χ3v) is 12.2. The van der Waals surface area contributed by atoms with Crippen LogP contribution < -0.4 is 0 Å². The minimum absolute atomic E-state index is 0.0696. The van der Waals surface area contributed by atoms with Crippen molar-refractivity contribution in [2.45, 2.75) is 303 Å². The first-order valence-electron chi connectivity index (χ1n) is 27.3. The summed E-state index contributed by atoms with van der Waals surface area (Å²) < 4.78 is 16.8. The maximum Gasteiger partial charge on any atom is 0.306 e. The van der Waals surface area contributed by atoms with Crippen molar-refractivity contribution in [2.24, 2.45) is 0 Å². The predicted octanol–water partition coefficient (Wildman–Crippen LogP) is 17.9. The highest BCUT2D eigenvalue weighted by Gasteiger charge is 2.19. The first-order chi connectivity index (χ1) is 30.5. The lowest BCUT2D eigenvalue weighted by Gasteiger charge is -2.18. The zero-order chi connectivity index (χ0) is 45.1. The van der Waals surface area contributed by atoms with Gasteiger partial charge in [0.25, 0.3) is 0 Å². The summed E-state index contributed by atoms with van der Waals surface area (Å²) in [5.41, 5.74) is 0. The molecule has 364 valence electrons. The molecular formula is C56H104O6. The molecule has 6 nitrogen and oxygen atoms in total. The second-order valence-corrected chi connectivity index (χ2v) is 18.5. The van der Waals surface area contributed by atoms with Gasteiger partial charge >= 0.3 is 17.9 Å². The monoisotopic (exact) mass is 873 g/mol. The largest absolute Gasteiger partial charge is 0.462 e. The summed E-state index contributed by atoms with van der Waals surface area (Å²) in [7, 11) is 0. The van der Waals surface area contributed by atoms with Crippen LogP contribution in [0, 0.1) is 0 Å². The van der Waals surface area contributed by atoms with Gasteiger partial charge in [-0.2, -0.15) is 0 Å². The van der Waals surface area contributed by atoms with Crippen LogP contribution in [0.4, 0.5) is 0 Å². The standard InChI is InChI=1S/C56H104O6/c1-4-7-10-13-16-19-21-23-25-27-29-30-32-34-37-40-43-46-49-55(58)61-52-53(51-60-54(57)48-45-42-39-36-18-15-12-9-6-3)62-56(59)50-47-44-41-38-35-33-31-28-26-24-22-20-17-14-11-8-5-2/h17,20,24,26,53H,4-16,18-19,21-23,25,27-52H2,1-3H3/b20-17-,26-24-/t53-/m1/s1. The zero-order valence-corrected chi connectivity index (χ0v) is 41.7. The molecule has 0 aliphatic rings. The van der Waals surface area contributed by atoms with Gasteiger partial charge in [0.2, 0.25) is 0 Å². The van der Waals surface area contributed by atoms with E-state index in [0.29, 0.717) is 19.3 Å². The summed E-state index contributed by atoms with van der Waals surface area (Å²) in [5, 5.41) is 0. The van der Waals surface area contributed by atoms with Crippen LogP contribution in [0.5, 0.6) is 0 Å². The Labute approximate surface area is 385 Å². The molecule has 62 heavy (non-hydrogen) atoms. The summed E-state index contributed by atoms with van der Waals surface area (Å²) in [6.45, 7) is 6.63. The quantitative estimate of drug-likeness (QED) is 0.0262. The van der Waals surface area contributed by atoms with E-state index in [9.17, 15) is 14.4 Å². The van der Waals surface area contributed by atoms with Gasteiger partial charge < -0.3 is 14.2 Å². The number of hydrogen-bond donors (Lipinski definition) is 0. The van der Waals surface area contributed by atoms with Gasteiger partial charge in [0.15, 0.2) is 6.10 Å². The number of carbonyl (C=O) groups excluding carboxylic acids is 3. The molecular weight excluding hydrogens is 769 g/mol. The molecule has 0 spiro atoms. The molecule has 0 aliphatic heterocycles. The second kappa shape index (κ2) is 51.5. The van der Waals surface area contributed by atoms with Crippen molar-refractivity contribution in [3.8, 4) is 0 Å². The van der Waals surface area contributed by atoms with Gasteiger partial charge in [-0.1, -0.05) is 251 Å². The molecule has 0 unspecified atom stereocenters. The van der Waals surface area contributed by atoms with Crippen molar-refractivity contribution in [2.75, 3.05) is 13.2 Å². The van der Waals surface area contributed by atoms with Crippen LogP contribution in [-0.4, -0.2) is 37.2 Å². The van der Waals surface area contributed by atoms with Gasteiger partial charge in [-0.3, -0.25) is 14.4 Å². The van der Waals surface area contributed by atoms with Gasteiger partial charge in [-0.05, 0) is 51.4 Å². The summed E-state index contributed by atoms with van der Waals surface area (Å²) in [6.07, 6.45) is 58.8. The van der Waals surface area contributed by atoms with Gasteiger partial charge in [-0.25, -0.2) is 0 Å². The fourth-order valence-electron chi connectivity index (χ4n) is 8.06. The van der Waals surface area contributed by atoms with Crippen LogP contribution >= 0.6 is 0 Å². The van der Waals surface area contributed by atoms with E-state index in [1.165, 1.54) is 186 Å². The Bertz CT molecular complexity index is 1000. The van der Waals surface area contributed by atoms with E-state index < -0.39 is 6.10 Å². The van der Waals surface area contributed by atoms with Crippen LogP contribution in [0.1, 0.15) is 297 Å². The third kappa shape index (κ3) is 48.9.